The van der Waals surface area contributed by atoms with Gasteiger partial charge in [-0.2, -0.15) is 0 Å². The molecule has 3 aromatic carbocycles. The number of ether oxygens (including phenoxy) is 2. The highest BCUT2D eigenvalue weighted by Crippen LogP contribution is 2.41. The van der Waals surface area contributed by atoms with Gasteiger partial charge in [0.2, 0.25) is 0 Å². The third-order valence-corrected chi connectivity index (χ3v) is 8.08. The summed E-state index contributed by atoms with van der Waals surface area (Å²) >= 11 is 5.17. The van der Waals surface area contributed by atoms with Crippen molar-refractivity contribution in [3.8, 4) is 11.5 Å². The second-order valence-corrected chi connectivity index (χ2v) is 10.9. The van der Waals surface area contributed by atoms with Gasteiger partial charge in [-0.15, -0.1) is 11.3 Å². The number of aryl methyl sites for hydroxylation is 1. The highest BCUT2D eigenvalue weighted by Gasteiger charge is 2.25. The number of para-hydroxylation sites is 1. The van der Waals surface area contributed by atoms with Gasteiger partial charge in [0.05, 0.1) is 17.1 Å². The molecule has 1 N–H and O–H groups in total. The number of fused-ring (bicyclic) bond motifs is 1. The van der Waals surface area contributed by atoms with Crippen LogP contribution in [0.3, 0.4) is 0 Å². The van der Waals surface area contributed by atoms with E-state index in [9.17, 15) is 9.18 Å². The maximum atomic E-state index is 13.3. The quantitative estimate of drug-likeness (QED) is 0.210. The highest BCUT2D eigenvalue weighted by atomic mass is 79.9. The average molecular weight is 594 g/mol. The van der Waals surface area contributed by atoms with Crippen molar-refractivity contribution in [3.05, 3.63) is 104 Å². The van der Waals surface area contributed by atoms with Crippen LogP contribution in [0.25, 0.3) is 0 Å². The summed E-state index contributed by atoms with van der Waals surface area (Å²) in [5.41, 5.74) is 4.17. The summed E-state index contributed by atoms with van der Waals surface area (Å²) in [5, 5.41) is 3.73. The molecule has 5 rings (SSSR count). The van der Waals surface area contributed by atoms with Gasteiger partial charge in [0.25, 0.3) is 5.91 Å². The van der Waals surface area contributed by atoms with Gasteiger partial charge >= 0.3 is 0 Å². The Kier molecular flexibility index (Phi) is 8.20. The number of hydrogen-bond acceptors (Lipinski definition) is 5. The summed E-state index contributed by atoms with van der Waals surface area (Å²) in [6, 6.07) is 19.4. The van der Waals surface area contributed by atoms with E-state index >= 15 is 0 Å². The number of methoxy groups -OCH3 is 1. The van der Waals surface area contributed by atoms with Crippen LogP contribution >= 0.6 is 27.3 Å². The molecule has 4 aromatic rings. The molecule has 0 fully saturated rings. The van der Waals surface area contributed by atoms with Gasteiger partial charge < -0.3 is 14.8 Å². The zero-order chi connectivity index (χ0) is 26.5. The lowest BCUT2D eigenvalue weighted by molar-refractivity contribution is 0.102. The molecular weight excluding hydrogens is 567 g/mol. The lowest BCUT2D eigenvalue weighted by Gasteiger charge is -2.13. The van der Waals surface area contributed by atoms with Crippen LogP contribution in [0.15, 0.2) is 76.2 Å². The third kappa shape index (κ3) is 5.97. The smallest absolute Gasteiger partial charge is 0.259 e. The Bertz CT molecular complexity index is 1470. The fraction of sp³-hybridized carbons (Fsp3) is 0.200. The van der Waals surface area contributed by atoms with Crippen LogP contribution in [0.2, 0.25) is 0 Å². The van der Waals surface area contributed by atoms with Crippen molar-refractivity contribution in [2.75, 3.05) is 12.4 Å². The molecule has 38 heavy (non-hydrogen) atoms. The van der Waals surface area contributed by atoms with Gasteiger partial charge in [0.1, 0.15) is 17.4 Å². The van der Waals surface area contributed by atoms with E-state index in [1.165, 1.54) is 17.0 Å². The third-order valence-electron chi connectivity index (χ3n) is 6.29. The molecule has 1 heterocycles. The molecule has 0 radical (unpaired) electrons. The molecule has 0 unspecified atom stereocenters. The summed E-state index contributed by atoms with van der Waals surface area (Å²) in [6.07, 6.45) is 5.80. The number of aliphatic imine (C=N–C) groups is 1. The minimum absolute atomic E-state index is 0.133. The van der Waals surface area contributed by atoms with E-state index in [0.717, 1.165) is 48.1 Å². The van der Waals surface area contributed by atoms with Crippen molar-refractivity contribution in [1.82, 2.24) is 0 Å². The molecule has 0 atom stereocenters. The first-order valence-electron chi connectivity index (χ1n) is 12.3. The number of amides is 1. The molecule has 0 bridgehead atoms. The van der Waals surface area contributed by atoms with Gasteiger partial charge in [0.15, 0.2) is 11.5 Å². The van der Waals surface area contributed by atoms with Crippen LogP contribution in [-0.4, -0.2) is 19.2 Å². The Balaban J connectivity index is 1.40. The molecule has 1 aliphatic rings. The number of hydrogen-bond donors (Lipinski definition) is 1. The van der Waals surface area contributed by atoms with E-state index in [0.29, 0.717) is 26.5 Å². The fourth-order valence-corrected chi connectivity index (χ4v) is 6.22. The van der Waals surface area contributed by atoms with E-state index < -0.39 is 0 Å². The minimum Gasteiger partial charge on any atom is -0.493 e. The summed E-state index contributed by atoms with van der Waals surface area (Å²) in [7, 11) is 1.58. The summed E-state index contributed by atoms with van der Waals surface area (Å²) < 4.78 is 25.5. The monoisotopic (exact) mass is 592 g/mol. The van der Waals surface area contributed by atoms with E-state index in [1.807, 2.05) is 42.5 Å². The zero-order valence-electron chi connectivity index (χ0n) is 20.8. The zero-order valence-corrected chi connectivity index (χ0v) is 23.2. The standard InChI is InChI=1S/C30H26BrFN2O3S/c1-36-25-16-20(15-24(31)28(25)37-18-19-11-13-21(32)14-12-19)17-33-30-27(23-9-5-6-10-26(23)38-30)29(35)34-22-7-3-2-4-8-22/h2-4,7-8,11-17H,5-6,9-10,18H2,1H3,(H,34,35)/b33-17+. The molecule has 0 aliphatic heterocycles. The number of nitrogens with one attached hydrogen (secondary N) is 1. The number of rotatable bonds is 8. The number of carbonyl (C=O) groups is 1. The van der Waals surface area contributed by atoms with Crippen molar-refractivity contribution >= 4 is 50.1 Å². The van der Waals surface area contributed by atoms with Crippen LogP contribution in [0.1, 0.15) is 44.8 Å². The first kappa shape index (κ1) is 26.1. The van der Waals surface area contributed by atoms with Crippen molar-refractivity contribution in [2.24, 2.45) is 4.99 Å². The van der Waals surface area contributed by atoms with E-state index in [4.69, 9.17) is 14.5 Å². The molecule has 1 amide bonds. The highest BCUT2D eigenvalue weighted by molar-refractivity contribution is 9.10. The Morgan fingerprint density at radius 1 is 1.11 bits per heavy atom. The largest absolute Gasteiger partial charge is 0.493 e. The maximum absolute atomic E-state index is 13.3. The number of thiophene rings is 1. The van der Waals surface area contributed by atoms with E-state index in [2.05, 4.69) is 21.2 Å². The van der Waals surface area contributed by atoms with Crippen molar-refractivity contribution < 1.29 is 18.7 Å². The predicted octanol–water partition coefficient (Wildman–Crippen LogP) is 8.12. The van der Waals surface area contributed by atoms with E-state index in [1.54, 1.807) is 36.8 Å². The van der Waals surface area contributed by atoms with Gasteiger partial charge in [-0.05, 0) is 94.7 Å². The molecule has 0 saturated heterocycles. The lowest BCUT2D eigenvalue weighted by Crippen LogP contribution is -2.14. The van der Waals surface area contributed by atoms with Crippen molar-refractivity contribution in [1.29, 1.82) is 0 Å². The Morgan fingerprint density at radius 3 is 2.63 bits per heavy atom. The second kappa shape index (κ2) is 11.9. The minimum atomic E-state index is -0.288. The molecule has 0 saturated carbocycles. The molecule has 0 spiro atoms. The first-order chi connectivity index (χ1) is 18.5. The summed E-state index contributed by atoms with van der Waals surface area (Å²) in [5.74, 6) is 0.661. The topological polar surface area (TPSA) is 59.9 Å². The van der Waals surface area contributed by atoms with Crippen LogP contribution in [0.5, 0.6) is 11.5 Å². The molecular formula is C30H26BrFN2O3S. The van der Waals surface area contributed by atoms with Crippen molar-refractivity contribution in [2.45, 2.75) is 32.3 Å². The molecule has 8 heteroatoms. The Hall–Kier alpha value is -3.49. The van der Waals surface area contributed by atoms with Crippen LogP contribution in [0.4, 0.5) is 15.1 Å². The van der Waals surface area contributed by atoms with Gasteiger partial charge in [-0.1, -0.05) is 30.3 Å². The molecule has 1 aliphatic carbocycles. The average Bonchev–Trinajstić information content (AvgIpc) is 3.31. The van der Waals surface area contributed by atoms with E-state index in [-0.39, 0.29) is 18.3 Å². The number of benzene rings is 3. The number of nitrogens with zero attached hydrogens (tertiary/aromatic N) is 1. The van der Waals surface area contributed by atoms with Gasteiger partial charge in [0, 0.05) is 16.8 Å². The predicted molar refractivity (Wildman–Crippen MR) is 154 cm³/mol. The Morgan fingerprint density at radius 2 is 1.87 bits per heavy atom. The first-order valence-corrected chi connectivity index (χ1v) is 13.9. The second-order valence-electron chi connectivity index (χ2n) is 8.92. The van der Waals surface area contributed by atoms with Crippen LogP contribution in [-0.2, 0) is 19.4 Å². The maximum Gasteiger partial charge on any atom is 0.259 e. The van der Waals surface area contributed by atoms with Gasteiger partial charge in [-0.3, -0.25) is 4.79 Å². The van der Waals surface area contributed by atoms with Gasteiger partial charge in [-0.25, -0.2) is 9.38 Å². The fourth-order valence-electron chi connectivity index (χ4n) is 4.42. The van der Waals surface area contributed by atoms with Crippen LogP contribution in [0, 0.1) is 5.82 Å². The number of halogens is 2. The van der Waals surface area contributed by atoms with Crippen LogP contribution < -0.4 is 14.8 Å². The SMILES string of the molecule is COc1cc(/C=N/c2sc3c(c2C(=O)Nc2ccccc2)CCCC3)cc(Br)c1OCc1ccc(F)cc1. The van der Waals surface area contributed by atoms with Crippen molar-refractivity contribution in [3.63, 3.8) is 0 Å². The summed E-state index contributed by atoms with van der Waals surface area (Å²) in [6.45, 7) is 0.267. The number of anilines is 1. The molecule has 194 valence electrons. The summed E-state index contributed by atoms with van der Waals surface area (Å²) in [4.78, 5) is 19.4. The number of carbonyl (C=O) groups excluding carboxylic acids is 1. The Labute approximate surface area is 233 Å². The normalized spacial score (nSPS) is 12.8. The lowest BCUT2D eigenvalue weighted by atomic mass is 9.95. The molecule has 1 aromatic heterocycles. The molecule has 5 nitrogen and oxygen atoms in total.